The van der Waals surface area contributed by atoms with Crippen molar-refractivity contribution in [1.29, 1.82) is 0 Å². The van der Waals surface area contributed by atoms with E-state index in [9.17, 15) is 27.6 Å². The number of aromatic nitrogens is 1. The number of carbonyl (C=O) groups is 2. The van der Waals surface area contributed by atoms with Crippen molar-refractivity contribution in [2.24, 2.45) is 0 Å². The molecule has 3 aromatic rings. The molecular weight excluding hydrogens is 567 g/mol. The topological polar surface area (TPSA) is 86.7 Å². The van der Waals surface area contributed by atoms with Crippen LogP contribution in [0.25, 0.3) is 5.69 Å². The van der Waals surface area contributed by atoms with E-state index in [1.807, 2.05) is 4.90 Å². The Morgan fingerprint density at radius 1 is 1.18 bits per heavy atom. The van der Waals surface area contributed by atoms with Crippen molar-refractivity contribution >= 4 is 40.4 Å². The van der Waals surface area contributed by atoms with E-state index in [1.54, 1.807) is 28.5 Å². The summed E-state index contributed by atoms with van der Waals surface area (Å²) in [5, 5.41) is 7.56. The number of anilines is 1. The van der Waals surface area contributed by atoms with E-state index >= 15 is 0 Å². The summed E-state index contributed by atoms with van der Waals surface area (Å²) >= 11 is 7.30. The summed E-state index contributed by atoms with van der Waals surface area (Å²) in [6, 6.07) is 9.67. The third-order valence-corrected chi connectivity index (χ3v) is 8.42. The fourth-order valence-corrected chi connectivity index (χ4v) is 6.25. The molecule has 2 aliphatic rings. The second kappa shape index (κ2) is 11.7. The van der Waals surface area contributed by atoms with E-state index in [-0.39, 0.29) is 55.3 Å². The highest BCUT2D eigenvalue weighted by atomic mass is 35.5. The van der Waals surface area contributed by atoms with Gasteiger partial charge >= 0.3 is 0 Å². The molecule has 5 rings (SSSR count). The number of thiophene rings is 1. The van der Waals surface area contributed by atoms with Gasteiger partial charge in [0.15, 0.2) is 0 Å². The Balaban J connectivity index is 1.26. The molecule has 2 saturated heterocycles. The normalized spacial score (nSPS) is 21.0. The van der Waals surface area contributed by atoms with Gasteiger partial charge in [-0.1, -0.05) is 17.7 Å². The van der Waals surface area contributed by atoms with Crippen LogP contribution >= 0.6 is 22.9 Å². The van der Waals surface area contributed by atoms with Crippen LogP contribution in [0.2, 0.25) is 5.02 Å². The van der Waals surface area contributed by atoms with E-state index in [1.165, 1.54) is 40.3 Å². The molecule has 0 unspecified atom stereocenters. The molecule has 13 heteroatoms. The molecule has 0 bridgehead atoms. The van der Waals surface area contributed by atoms with Gasteiger partial charge in [-0.2, -0.15) is 0 Å². The molecule has 0 saturated carbocycles. The molecule has 1 aromatic carbocycles. The van der Waals surface area contributed by atoms with Gasteiger partial charge in [0.2, 0.25) is 5.91 Å². The van der Waals surface area contributed by atoms with E-state index in [0.717, 1.165) is 6.07 Å². The lowest BCUT2D eigenvalue weighted by Gasteiger charge is -2.27. The van der Waals surface area contributed by atoms with Gasteiger partial charge in [-0.3, -0.25) is 28.8 Å². The number of pyridine rings is 1. The number of halogens is 4. The predicted octanol–water partition coefficient (Wildman–Crippen LogP) is 3.84. The van der Waals surface area contributed by atoms with Crippen molar-refractivity contribution in [2.45, 2.75) is 30.8 Å². The number of alkyl halides is 2. The first-order chi connectivity index (χ1) is 19.1. The first-order valence-corrected chi connectivity index (χ1v) is 14.0. The van der Waals surface area contributed by atoms with Crippen molar-refractivity contribution in [3.8, 4) is 5.69 Å². The highest BCUT2D eigenvalue weighted by Crippen LogP contribution is 2.29. The lowest BCUT2D eigenvalue weighted by molar-refractivity contribution is -0.117. The molecule has 2 N–H and O–H groups in total. The Morgan fingerprint density at radius 3 is 2.67 bits per heavy atom. The number of nitrogens with one attached hydrogen (secondary N) is 2. The van der Waals surface area contributed by atoms with Crippen LogP contribution in [0.1, 0.15) is 22.5 Å². The molecule has 0 aliphatic carbocycles. The van der Waals surface area contributed by atoms with Gasteiger partial charge in [-0.05, 0) is 36.1 Å². The maximum atomic E-state index is 14.9. The third-order valence-electron chi connectivity index (χ3n) is 7.08. The smallest absolute Gasteiger partial charge is 0.263 e. The van der Waals surface area contributed by atoms with Crippen molar-refractivity contribution in [1.82, 2.24) is 19.7 Å². The van der Waals surface area contributed by atoms with E-state index in [4.69, 9.17) is 11.6 Å². The summed E-state index contributed by atoms with van der Waals surface area (Å²) in [5.41, 5.74) is -0.0603. The summed E-state index contributed by atoms with van der Waals surface area (Å²) < 4.78 is 43.8. The average Bonchev–Trinajstić information content (AvgIpc) is 3.59. The average molecular weight is 594 g/mol. The zero-order valence-corrected chi connectivity index (χ0v) is 22.9. The molecule has 8 nitrogen and oxygen atoms in total. The van der Waals surface area contributed by atoms with E-state index < -0.39 is 17.6 Å². The highest BCUT2D eigenvalue weighted by Gasteiger charge is 2.41. The van der Waals surface area contributed by atoms with Crippen molar-refractivity contribution in [3.05, 3.63) is 80.1 Å². The Labute approximate surface area is 237 Å². The minimum atomic E-state index is -2.75. The number of hydrogen-bond acceptors (Lipinski definition) is 6. The Hall–Kier alpha value is -3.19. The second-order valence-electron chi connectivity index (χ2n) is 10.0. The van der Waals surface area contributed by atoms with E-state index in [0.29, 0.717) is 35.1 Å². The quantitative estimate of drug-likeness (QED) is 0.415. The van der Waals surface area contributed by atoms with Gasteiger partial charge in [0, 0.05) is 56.5 Å². The number of hydrogen-bond donors (Lipinski definition) is 2. The molecule has 2 atom stereocenters. The second-order valence-corrected chi connectivity index (χ2v) is 11.4. The lowest BCUT2D eigenvalue weighted by Crippen LogP contribution is -2.43. The van der Waals surface area contributed by atoms with Crippen molar-refractivity contribution in [3.63, 3.8) is 0 Å². The molecule has 2 aliphatic heterocycles. The predicted molar refractivity (Wildman–Crippen MR) is 147 cm³/mol. The van der Waals surface area contributed by atoms with Crippen molar-refractivity contribution in [2.75, 3.05) is 38.0 Å². The summed E-state index contributed by atoms with van der Waals surface area (Å²) in [5.74, 6) is -4.29. The van der Waals surface area contributed by atoms with Crippen LogP contribution in [0.3, 0.4) is 0 Å². The first kappa shape index (κ1) is 28.3. The molecule has 0 radical (unpaired) electrons. The van der Waals surface area contributed by atoms with Gasteiger partial charge in [-0.15, -0.1) is 11.3 Å². The van der Waals surface area contributed by atoms with Crippen molar-refractivity contribution < 1.29 is 22.8 Å². The standard InChI is InChI=1S/C27H27ClF3N5O3S/c28-20-6-10-40-25(20)26(39)32-17-11-19(14-34-9-7-27(30,31)16-34)35(13-17)15-23(37)33-22-5-4-18(12-21(22)29)36-8-2-1-3-24(36)38/h1-6,8,10,12,17,19H,7,9,11,13-16H2,(H,32,39)(H,33,37)/t17-,19+/m1/s1. The molecule has 2 aromatic heterocycles. The highest BCUT2D eigenvalue weighted by molar-refractivity contribution is 7.12. The van der Waals surface area contributed by atoms with Crippen LogP contribution in [-0.4, -0.2) is 76.9 Å². The summed E-state index contributed by atoms with van der Waals surface area (Å²) in [7, 11) is 0. The molecular formula is C27H27ClF3N5O3S. The minimum absolute atomic E-state index is 0.0511. The molecule has 2 amide bonds. The number of benzene rings is 1. The fraction of sp³-hybridized carbons (Fsp3) is 0.370. The Morgan fingerprint density at radius 2 is 2.00 bits per heavy atom. The number of amides is 2. The zero-order valence-electron chi connectivity index (χ0n) is 21.3. The summed E-state index contributed by atoms with van der Waals surface area (Å²) in [4.78, 5) is 41.6. The maximum absolute atomic E-state index is 14.9. The largest absolute Gasteiger partial charge is 0.347 e. The van der Waals surface area contributed by atoms with Crippen LogP contribution in [-0.2, 0) is 4.79 Å². The van der Waals surface area contributed by atoms with Crippen LogP contribution in [0.4, 0.5) is 18.9 Å². The van der Waals surface area contributed by atoms with Crippen LogP contribution in [0.15, 0.2) is 58.8 Å². The minimum Gasteiger partial charge on any atom is -0.347 e. The first-order valence-electron chi connectivity index (χ1n) is 12.7. The number of rotatable bonds is 8. The van der Waals surface area contributed by atoms with Crippen LogP contribution in [0, 0.1) is 5.82 Å². The van der Waals surface area contributed by atoms with Gasteiger partial charge in [-0.25, -0.2) is 13.2 Å². The molecule has 2 fully saturated rings. The zero-order chi connectivity index (χ0) is 28.4. The Kier molecular flexibility index (Phi) is 8.31. The lowest BCUT2D eigenvalue weighted by atomic mass is 10.1. The van der Waals surface area contributed by atoms with E-state index in [2.05, 4.69) is 10.6 Å². The maximum Gasteiger partial charge on any atom is 0.263 e. The third kappa shape index (κ3) is 6.57. The fourth-order valence-electron chi connectivity index (χ4n) is 5.21. The number of carbonyl (C=O) groups excluding carboxylic acids is 2. The molecule has 4 heterocycles. The van der Waals surface area contributed by atoms with Crippen LogP contribution in [0.5, 0.6) is 0 Å². The molecule has 0 spiro atoms. The van der Waals surface area contributed by atoms with Gasteiger partial charge < -0.3 is 10.6 Å². The number of likely N-dealkylation sites (tertiary alicyclic amines) is 2. The molecule has 40 heavy (non-hydrogen) atoms. The van der Waals surface area contributed by atoms with Gasteiger partial charge in [0.05, 0.1) is 29.5 Å². The molecule has 212 valence electrons. The van der Waals surface area contributed by atoms with Gasteiger partial charge in [0.1, 0.15) is 10.7 Å². The summed E-state index contributed by atoms with van der Waals surface area (Å²) in [6.07, 6.45) is 1.75. The number of nitrogens with zero attached hydrogens (tertiary/aromatic N) is 3. The van der Waals surface area contributed by atoms with Crippen LogP contribution < -0.4 is 16.2 Å². The SMILES string of the molecule is O=C(CN1C[C@H](NC(=O)c2sccc2Cl)C[C@H]1CN1CCC(F)(F)C1)Nc1ccc(-n2ccccc2=O)cc1F. The Bertz CT molecular complexity index is 1460. The monoisotopic (exact) mass is 593 g/mol. The van der Waals surface area contributed by atoms with Gasteiger partial charge in [0.25, 0.3) is 17.4 Å². The summed E-state index contributed by atoms with van der Waals surface area (Å²) in [6.45, 7) is 0.389.